The van der Waals surface area contributed by atoms with Crippen molar-refractivity contribution in [2.24, 2.45) is 0 Å². The van der Waals surface area contributed by atoms with Crippen LogP contribution in [0.2, 0.25) is 0 Å². The normalized spacial score (nSPS) is 14.6. The van der Waals surface area contributed by atoms with Crippen molar-refractivity contribution in [1.29, 1.82) is 0 Å². The molecule has 0 saturated carbocycles. The minimum absolute atomic E-state index is 0.0282. The van der Waals surface area contributed by atoms with Gasteiger partial charge in [-0.05, 0) is 63.7 Å². The Morgan fingerprint density at radius 1 is 0.481 bits per heavy atom. The summed E-state index contributed by atoms with van der Waals surface area (Å²) >= 11 is 0. The van der Waals surface area contributed by atoms with Gasteiger partial charge < -0.3 is 4.57 Å². The second-order valence-electron chi connectivity index (χ2n) is 13.6. The molecule has 2 heterocycles. The van der Waals surface area contributed by atoms with Crippen molar-refractivity contribution in [2.45, 2.75) is 19.3 Å². The highest BCUT2D eigenvalue weighted by atomic mass is 15.0. The number of benzene rings is 7. The maximum atomic E-state index is 9.12. The minimum Gasteiger partial charge on any atom is -0.309 e. The Labute approximate surface area is 311 Å². The first-order chi connectivity index (χ1) is 28.0. The molecule has 4 nitrogen and oxygen atoms in total. The van der Waals surface area contributed by atoms with E-state index in [1.165, 1.54) is 23.3 Å². The van der Waals surface area contributed by atoms with Crippen LogP contribution in [0.25, 0.3) is 83.9 Å². The summed E-state index contributed by atoms with van der Waals surface area (Å²) in [7, 11) is 0. The standard InChI is InChI=1S/C48H34N4/c1-48(2)41-25-12-9-20-36(41)39-23-15-24-40(44(39)48)47-50-45(32-18-7-4-8-19-32)49-46(51-47)34-28-33(31-16-5-3-6-17-31)29-35(30-34)52-42-26-13-10-21-37(42)38-22-11-14-27-43(38)52/h3-30H,1-2H3/i10D,11D,21D,22D,26D,27D. The van der Waals surface area contributed by atoms with Crippen molar-refractivity contribution in [1.82, 2.24) is 19.5 Å². The second kappa shape index (κ2) is 11.7. The molecule has 0 amide bonds. The van der Waals surface area contributed by atoms with Crippen LogP contribution in [-0.2, 0) is 5.41 Å². The van der Waals surface area contributed by atoms with E-state index in [-0.39, 0.29) is 63.5 Å². The molecule has 7 aromatic carbocycles. The quantitative estimate of drug-likeness (QED) is 0.183. The van der Waals surface area contributed by atoms with E-state index in [2.05, 4.69) is 56.3 Å². The van der Waals surface area contributed by atoms with Gasteiger partial charge in [0.1, 0.15) is 0 Å². The molecule has 1 aliphatic rings. The average Bonchev–Trinajstić information content (AvgIpc) is 3.73. The van der Waals surface area contributed by atoms with Crippen molar-refractivity contribution in [3.05, 3.63) is 181 Å². The average molecular weight is 673 g/mol. The van der Waals surface area contributed by atoms with Crippen LogP contribution >= 0.6 is 0 Å². The molecule has 0 N–H and O–H groups in total. The van der Waals surface area contributed by atoms with Crippen molar-refractivity contribution in [3.8, 4) is 62.1 Å². The first kappa shape index (κ1) is 24.5. The van der Waals surface area contributed by atoms with E-state index in [0.717, 1.165) is 33.4 Å². The summed E-state index contributed by atoms with van der Waals surface area (Å²) in [6.07, 6.45) is 0. The van der Waals surface area contributed by atoms with Gasteiger partial charge in [-0.1, -0.05) is 153 Å². The molecular formula is C48H34N4. The molecule has 0 fully saturated rings. The maximum absolute atomic E-state index is 9.12. The van der Waals surface area contributed by atoms with E-state index < -0.39 is 0 Å². The molecule has 52 heavy (non-hydrogen) atoms. The summed E-state index contributed by atoms with van der Waals surface area (Å²) in [5.41, 5.74) is 9.60. The molecule has 1 aliphatic carbocycles. The topological polar surface area (TPSA) is 43.6 Å². The lowest BCUT2D eigenvalue weighted by Crippen LogP contribution is -2.17. The summed E-state index contributed by atoms with van der Waals surface area (Å²) in [6, 6.07) is 42.3. The van der Waals surface area contributed by atoms with E-state index in [4.69, 9.17) is 23.2 Å². The van der Waals surface area contributed by atoms with Crippen LogP contribution < -0.4 is 0 Å². The number of hydrogen-bond donors (Lipinski definition) is 0. The lowest BCUT2D eigenvalue weighted by atomic mass is 9.80. The fourth-order valence-corrected chi connectivity index (χ4v) is 7.82. The third kappa shape index (κ3) is 4.72. The summed E-state index contributed by atoms with van der Waals surface area (Å²) in [5, 5.41) is 0.393. The molecule has 0 unspecified atom stereocenters. The van der Waals surface area contributed by atoms with Gasteiger partial charge in [-0.2, -0.15) is 0 Å². The maximum Gasteiger partial charge on any atom is 0.164 e. The Balaban J connectivity index is 1.29. The zero-order chi connectivity index (χ0) is 40.0. The zero-order valence-electron chi connectivity index (χ0n) is 34.5. The van der Waals surface area contributed by atoms with Crippen molar-refractivity contribution >= 4 is 21.8 Å². The molecule has 0 radical (unpaired) electrons. The van der Waals surface area contributed by atoms with Crippen LogP contribution in [0, 0.1) is 0 Å². The largest absolute Gasteiger partial charge is 0.309 e. The molecule has 0 atom stereocenters. The summed E-state index contributed by atoms with van der Waals surface area (Å²) in [6.45, 7) is 4.48. The SMILES string of the molecule is [2H]c1cc([2H])c2c(c1[2H])c1c([2H])c([2H])cc([2H])c1n2-c1cc(-c2ccccc2)cc(-c2nc(-c3ccccc3)nc(-c3cccc4c3C(C)(C)c3ccccc3-4)n2)c1. The smallest absolute Gasteiger partial charge is 0.164 e. The highest BCUT2D eigenvalue weighted by Crippen LogP contribution is 2.51. The van der Waals surface area contributed by atoms with Crippen molar-refractivity contribution in [2.75, 3.05) is 0 Å². The van der Waals surface area contributed by atoms with Crippen LogP contribution in [0.1, 0.15) is 33.2 Å². The lowest BCUT2D eigenvalue weighted by molar-refractivity contribution is 0.661. The first-order valence-corrected chi connectivity index (χ1v) is 17.3. The van der Waals surface area contributed by atoms with Gasteiger partial charge in [0.05, 0.1) is 19.3 Å². The molecule has 0 saturated heterocycles. The molecule has 0 aliphatic heterocycles. The van der Waals surface area contributed by atoms with Crippen LogP contribution in [-0.4, -0.2) is 19.5 Å². The van der Waals surface area contributed by atoms with E-state index in [1.807, 2.05) is 78.9 Å². The van der Waals surface area contributed by atoms with Crippen LogP contribution in [0.15, 0.2) is 170 Å². The molecule has 2 aromatic heterocycles. The molecule has 9 aromatic rings. The number of fused-ring (bicyclic) bond motifs is 6. The van der Waals surface area contributed by atoms with Gasteiger partial charge in [-0.15, -0.1) is 0 Å². The van der Waals surface area contributed by atoms with Crippen LogP contribution in [0.3, 0.4) is 0 Å². The van der Waals surface area contributed by atoms with E-state index in [9.17, 15) is 0 Å². The van der Waals surface area contributed by atoms with E-state index in [1.54, 1.807) is 4.57 Å². The van der Waals surface area contributed by atoms with Gasteiger partial charge in [0.15, 0.2) is 17.5 Å². The van der Waals surface area contributed by atoms with Gasteiger partial charge >= 0.3 is 0 Å². The summed E-state index contributed by atoms with van der Waals surface area (Å²) < 4.78 is 54.9. The van der Waals surface area contributed by atoms with Gasteiger partial charge in [-0.3, -0.25) is 0 Å². The number of aromatic nitrogens is 4. The third-order valence-electron chi connectivity index (χ3n) is 10.2. The van der Waals surface area contributed by atoms with Crippen molar-refractivity contribution < 1.29 is 8.22 Å². The Bertz CT molecular complexity index is 3090. The fourth-order valence-electron chi connectivity index (χ4n) is 7.82. The highest BCUT2D eigenvalue weighted by molar-refractivity contribution is 6.09. The van der Waals surface area contributed by atoms with Gasteiger partial charge in [0, 0.05) is 38.6 Å². The van der Waals surface area contributed by atoms with Crippen LogP contribution in [0.4, 0.5) is 0 Å². The summed E-state index contributed by atoms with van der Waals surface area (Å²) in [5.74, 6) is 1.44. The molecule has 0 spiro atoms. The molecule has 4 heteroatoms. The van der Waals surface area contributed by atoms with Gasteiger partial charge in [0.2, 0.25) is 0 Å². The minimum atomic E-state index is -0.327. The fraction of sp³-hybridized carbons (Fsp3) is 0.0625. The number of para-hydroxylation sites is 2. The number of hydrogen-bond acceptors (Lipinski definition) is 3. The Morgan fingerprint density at radius 3 is 1.75 bits per heavy atom. The molecule has 246 valence electrons. The van der Waals surface area contributed by atoms with Gasteiger partial charge in [-0.25, -0.2) is 15.0 Å². The Morgan fingerprint density at radius 2 is 1.04 bits per heavy atom. The highest BCUT2D eigenvalue weighted by Gasteiger charge is 2.38. The number of rotatable bonds is 5. The third-order valence-corrected chi connectivity index (χ3v) is 10.2. The first-order valence-electron chi connectivity index (χ1n) is 20.3. The summed E-state index contributed by atoms with van der Waals surface area (Å²) in [4.78, 5) is 15.5. The Hall–Kier alpha value is -6.65. The zero-order valence-corrected chi connectivity index (χ0v) is 28.5. The van der Waals surface area contributed by atoms with E-state index in [0.29, 0.717) is 28.7 Å². The lowest BCUT2D eigenvalue weighted by Gasteiger charge is -2.24. The van der Waals surface area contributed by atoms with Gasteiger partial charge in [0.25, 0.3) is 0 Å². The predicted molar refractivity (Wildman–Crippen MR) is 213 cm³/mol. The molecule has 10 rings (SSSR count). The molecule has 0 bridgehead atoms. The van der Waals surface area contributed by atoms with E-state index >= 15 is 0 Å². The second-order valence-corrected chi connectivity index (χ2v) is 13.6. The van der Waals surface area contributed by atoms with Crippen LogP contribution in [0.5, 0.6) is 0 Å². The monoisotopic (exact) mass is 672 g/mol. The molecular weight excluding hydrogens is 633 g/mol. The Kier molecular flexibility index (Phi) is 5.52. The van der Waals surface area contributed by atoms with Crippen molar-refractivity contribution in [3.63, 3.8) is 0 Å². The number of nitrogens with zero attached hydrogens (tertiary/aromatic N) is 4. The predicted octanol–water partition coefficient (Wildman–Crippen LogP) is 11.9.